The molecule has 7 heteroatoms. The lowest BCUT2D eigenvalue weighted by atomic mass is 9.87. The normalized spacial score (nSPS) is 27.0. The van der Waals surface area contributed by atoms with Crippen LogP contribution < -0.4 is 16.0 Å². The molecule has 2 amide bonds. The molecule has 2 aliphatic rings. The minimum Gasteiger partial charge on any atom is -0.350 e. The smallest absolute Gasteiger partial charge is 0.237 e. The van der Waals surface area contributed by atoms with Crippen LogP contribution in [0.3, 0.4) is 0 Å². The highest BCUT2D eigenvalue weighted by atomic mass is 35.5. The third-order valence-corrected chi connectivity index (χ3v) is 5.26. The van der Waals surface area contributed by atoms with E-state index in [4.69, 9.17) is 23.2 Å². The average molecular weight is 356 g/mol. The van der Waals surface area contributed by atoms with E-state index >= 15 is 0 Å². The summed E-state index contributed by atoms with van der Waals surface area (Å²) < 4.78 is 0. The van der Waals surface area contributed by atoms with Gasteiger partial charge in [-0.3, -0.25) is 9.59 Å². The topological polar surface area (TPSA) is 70.2 Å². The summed E-state index contributed by atoms with van der Waals surface area (Å²) in [5.74, 6) is -0.378. The molecule has 1 aliphatic heterocycles. The maximum atomic E-state index is 12.2. The van der Waals surface area contributed by atoms with Crippen molar-refractivity contribution in [3.05, 3.63) is 28.2 Å². The lowest BCUT2D eigenvalue weighted by molar-refractivity contribution is -0.129. The van der Waals surface area contributed by atoms with Crippen LogP contribution in [0.15, 0.2) is 18.2 Å². The molecular weight excluding hydrogens is 337 g/mol. The predicted molar refractivity (Wildman–Crippen MR) is 90.8 cm³/mol. The van der Waals surface area contributed by atoms with Crippen LogP contribution in [-0.2, 0) is 9.59 Å². The number of amides is 2. The van der Waals surface area contributed by atoms with Gasteiger partial charge in [0.05, 0.1) is 28.2 Å². The van der Waals surface area contributed by atoms with Crippen LogP contribution in [0.2, 0.25) is 10.0 Å². The summed E-state index contributed by atoms with van der Waals surface area (Å²) in [4.78, 5) is 24.4. The van der Waals surface area contributed by atoms with Crippen LogP contribution in [0.4, 0.5) is 5.69 Å². The summed E-state index contributed by atoms with van der Waals surface area (Å²) in [6.45, 7) is 0. The molecule has 2 fully saturated rings. The Bertz CT molecular complexity index is 623. The van der Waals surface area contributed by atoms with Gasteiger partial charge < -0.3 is 16.0 Å². The predicted octanol–water partition coefficient (Wildman–Crippen LogP) is 2.72. The number of carbonyl (C=O) groups excluding carboxylic acids is 2. The van der Waals surface area contributed by atoms with Crippen molar-refractivity contribution in [1.82, 2.24) is 10.6 Å². The van der Waals surface area contributed by atoms with Crippen molar-refractivity contribution in [1.29, 1.82) is 0 Å². The van der Waals surface area contributed by atoms with E-state index in [2.05, 4.69) is 16.0 Å². The Morgan fingerprint density at radius 3 is 2.74 bits per heavy atom. The van der Waals surface area contributed by atoms with E-state index < -0.39 is 6.04 Å². The largest absolute Gasteiger partial charge is 0.350 e. The summed E-state index contributed by atoms with van der Waals surface area (Å²) in [7, 11) is 0. The number of halogens is 2. The number of hydrogen-bond acceptors (Lipinski definition) is 3. The van der Waals surface area contributed by atoms with Gasteiger partial charge in [-0.25, -0.2) is 0 Å². The molecule has 1 aliphatic carbocycles. The molecule has 3 rings (SSSR count). The first kappa shape index (κ1) is 16.6. The second-order valence-corrected chi connectivity index (χ2v) is 6.86. The minimum atomic E-state index is -0.507. The van der Waals surface area contributed by atoms with Gasteiger partial charge in [-0.05, 0) is 25.0 Å². The zero-order chi connectivity index (χ0) is 16.4. The van der Waals surface area contributed by atoms with Crippen LogP contribution in [0.25, 0.3) is 0 Å². The van der Waals surface area contributed by atoms with Crippen molar-refractivity contribution >= 4 is 40.7 Å². The number of anilines is 1. The Hall–Kier alpha value is -1.30. The highest BCUT2D eigenvalue weighted by molar-refractivity contribution is 6.44. The highest BCUT2D eigenvalue weighted by Gasteiger charge is 2.36. The molecule has 1 aromatic rings. The number of nitrogens with one attached hydrogen (secondary N) is 3. The number of benzene rings is 1. The van der Waals surface area contributed by atoms with E-state index in [0.717, 1.165) is 25.7 Å². The summed E-state index contributed by atoms with van der Waals surface area (Å²) in [5.41, 5.74) is 0.455. The molecule has 0 spiro atoms. The molecule has 5 nitrogen and oxygen atoms in total. The van der Waals surface area contributed by atoms with E-state index in [1.165, 1.54) is 0 Å². The summed E-state index contributed by atoms with van der Waals surface area (Å²) in [6, 6.07) is 4.98. The van der Waals surface area contributed by atoms with E-state index in [1.807, 2.05) is 0 Å². The van der Waals surface area contributed by atoms with Crippen molar-refractivity contribution in [3.63, 3.8) is 0 Å². The van der Waals surface area contributed by atoms with Crippen molar-refractivity contribution < 1.29 is 9.59 Å². The first-order valence-electron chi connectivity index (χ1n) is 7.85. The maximum absolute atomic E-state index is 12.2. The van der Waals surface area contributed by atoms with Gasteiger partial charge in [0.25, 0.3) is 0 Å². The molecule has 1 saturated heterocycles. The standard InChI is InChI=1S/C16H19Cl2N3O2/c17-9-4-3-7-12(15(9)18)20-14(22)8-13-16(23)21-11-6-2-1-5-10(11)19-13/h3-4,7,10-11,13,19H,1-2,5-6,8H2,(H,20,22)(H,21,23)/t10-,11+,13+/m0/s1. The molecule has 23 heavy (non-hydrogen) atoms. The Morgan fingerprint density at radius 1 is 1.22 bits per heavy atom. The molecule has 1 saturated carbocycles. The molecule has 3 N–H and O–H groups in total. The van der Waals surface area contributed by atoms with Crippen LogP contribution >= 0.6 is 23.2 Å². The van der Waals surface area contributed by atoms with Gasteiger partial charge in [-0.2, -0.15) is 0 Å². The lowest BCUT2D eigenvalue weighted by Gasteiger charge is -2.40. The molecular formula is C16H19Cl2N3O2. The fourth-order valence-electron chi connectivity index (χ4n) is 3.26. The van der Waals surface area contributed by atoms with Gasteiger partial charge in [-0.15, -0.1) is 0 Å². The summed E-state index contributed by atoms with van der Waals surface area (Å²) in [6.07, 6.45) is 4.39. The Balaban J connectivity index is 1.61. The van der Waals surface area contributed by atoms with Crippen molar-refractivity contribution in [3.8, 4) is 0 Å². The SMILES string of the molecule is O=C(C[C@H]1N[C@H]2CCCC[C@H]2NC1=O)Nc1cccc(Cl)c1Cl. The van der Waals surface area contributed by atoms with Gasteiger partial charge in [0.2, 0.25) is 11.8 Å². The number of carbonyl (C=O) groups is 2. The molecule has 0 bridgehead atoms. The minimum absolute atomic E-state index is 0.0674. The zero-order valence-electron chi connectivity index (χ0n) is 12.6. The lowest BCUT2D eigenvalue weighted by Crippen LogP contribution is -2.65. The van der Waals surface area contributed by atoms with Crippen LogP contribution in [0, 0.1) is 0 Å². The van der Waals surface area contributed by atoms with Crippen LogP contribution in [0.5, 0.6) is 0 Å². The van der Waals surface area contributed by atoms with E-state index in [-0.39, 0.29) is 30.3 Å². The molecule has 0 radical (unpaired) electrons. The van der Waals surface area contributed by atoms with Gasteiger partial charge in [0.1, 0.15) is 0 Å². The Morgan fingerprint density at radius 2 is 1.96 bits per heavy atom. The molecule has 0 aromatic heterocycles. The van der Waals surface area contributed by atoms with Crippen LogP contribution in [-0.4, -0.2) is 29.9 Å². The Kier molecular flexibility index (Phi) is 5.09. The zero-order valence-corrected chi connectivity index (χ0v) is 14.1. The second kappa shape index (κ2) is 7.07. The quantitative estimate of drug-likeness (QED) is 0.780. The first-order chi connectivity index (χ1) is 11.0. The first-order valence-corrected chi connectivity index (χ1v) is 8.60. The molecule has 1 aromatic carbocycles. The van der Waals surface area contributed by atoms with Gasteiger partial charge in [0, 0.05) is 12.1 Å². The van der Waals surface area contributed by atoms with Gasteiger partial charge in [-0.1, -0.05) is 42.1 Å². The number of fused-ring (bicyclic) bond motifs is 1. The fourth-order valence-corrected chi connectivity index (χ4v) is 3.61. The van der Waals surface area contributed by atoms with Gasteiger partial charge in [0.15, 0.2) is 0 Å². The van der Waals surface area contributed by atoms with Crippen molar-refractivity contribution in [2.24, 2.45) is 0 Å². The summed E-state index contributed by atoms with van der Waals surface area (Å²) >= 11 is 12.0. The van der Waals surface area contributed by atoms with E-state index in [0.29, 0.717) is 15.7 Å². The van der Waals surface area contributed by atoms with Crippen LogP contribution in [0.1, 0.15) is 32.1 Å². The Labute approximate surface area is 145 Å². The summed E-state index contributed by atoms with van der Waals surface area (Å²) in [5, 5.41) is 9.74. The molecule has 3 atom stereocenters. The number of rotatable bonds is 3. The van der Waals surface area contributed by atoms with E-state index in [1.54, 1.807) is 18.2 Å². The van der Waals surface area contributed by atoms with Crippen molar-refractivity contribution in [2.45, 2.75) is 50.2 Å². The average Bonchev–Trinajstić information content (AvgIpc) is 2.52. The van der Waals surface area contributed by atoms with E-state index in [9.17, 15) is 9.59 Å². The fraction of sp³-hybridized carbons (Fsp3) is 0.500. The van der Waals surface area contributed by atoms with Gasteiger partial charge >= 0.3 is 0 Å². The monoisotopic (exact) mass is 355 g/mol. The third kappa shape index (κ3) is 3.79. The molecule has 1 heterocycles. The number of hydrogen-bond donors (Lipinski definition) is 3. The maximum Gasteiger partial charge on any atom is 0.237 e. The van der Waals surface area contributed by atoms with Crippen molar-refractivity contribution in [2.75, 3.05) is 5.32 Å². The second-order valence-electron chi connectivity index (χ2n) is 6.08. The highest BCUT2D eigenvalue weighted by Crippen LogP contribution is 2.29. The molecule has 124 valence electrons. The number of piperazine rings is 1. The molecule has 0 unspecified atom stereocenters. The third-order valence-electron chi connectivity index (χ3n) is 4.44.